The molecule has 0 unspecified atom stereocenters. The first-order valence-electron chi connectivity index (χ1n) is 9.55. The number of hydrogen-bond acceptors (Lipinski definition) is 3. The number of rotatable bonds is 5. The molecule has 0 spiro atoms. The van der Waals surface area contributed by atoms with E-state index in [1.54, 1.807) is 11.0 Å². The van der Waals surface area contributed by atoms with Gasteiger partial charge in [0.15, 0.2) is 0 Å². The number of nitrogens with one attached hydrogen (secondary N) is 2. The van der Waals surface area contributed by atoms with Gasteiger partial charge in [-0.2, -0.15) is 0 Å². The smallest absolute Gasteiger partial charge is 0.333 e. The highest BCUT2D eigenvalue weighted by atomic mass is 16.2. The van der Waals surface area contributed by atoms with Crippen molar-refractivity contribution in [3.8, 4) is 0 Å². The monoisotopic (exact) mass is 363 g/mol. The number of imidazole rings is 1. The zero-order valence-electron chi connectivity index (χ0n) is 15.4. The Morgan fingerprint density at radius 3 is 2.52 bits per heavy atom. The highest BCUT2D eigenvalue weighted by molar-refractivity contribution is 5.85. The number of piperidine rings is 1. The lowest BCUT2D eigenvalue weighted by molar-refractivity contribution is 0.221. The van der Waals surface area contributed by atoms with Crippen molar-refractivity contribution in [2.45, 2.75) is 32.4 Å². The van der Waals surface area contributed by atoms with Gasteiger partial charge in [-0.25, -0.2) is 19.9 Å². The van der Waals surface area contributed by atoms with Crippen LogP contribution in [0.2, 0.25) is 0 Å². The SMILES string of the molecule is O=C(NCc1ccc(CN2CCCCC2)cc1)Nn1cnc2ccccc21. The first-order chi connectivity index (χ1) is 13.3. The first-order valence-corrected chi connectivity index (χ1v) is 9.55. The lowest BCUT2D eigenvalue weighted by Crippen LogP contribution is -2.33. The van der Waals surface area contributed by atoms with E-state index in [9.17, 15) is 4.79 Å². The van der Waals surface area contributed by atoms with E-state index < -0.39 is 0 Å². The molecule has 2 amide bonds. The van der Waals surface area contributed by atoms with E-state index in [0.29, 0.717) is 6.54 Å². The minimum atomic E-state index is -0.254. The second-order valence-corrected chi connectivity index (χ2v) is 7.05. The molecule has 2 N–H and O–H groups in total. The van der Waals surface area contributed by atoms with Crippen LogP contribution in [0.4, 0.5) is 4.79 Å². The molecule has 0 saturated carbocycles. The highest BCUT2D eigenvalue weighted by Gasteiger charge is 2.10. The van der Waals surface area contributed by atoms with Gasteiger partial charge in [0.25, 0.3) is 0 Å². The third-order valence-corrected chi connectivity index (χ3v) is 5.01. The molecular weight excluding hydrogens is 338 g/mol. The van der Waals surface area contributed by atoms with Gasteiger partial charge in [-0.3, -0.25) is 4.90 Å². The quantitative estimate of drug-likeness (QED) is 0.730. The van der Waals surface area contributed by atoms with Crippen LogP contribution in [0.3, 0.4) is 0 Å². The summed E-state index contributed by atoms with van der Waals surface area (Å²) in [4.78, 5) is 19.0. The first kappa shape index (κ1) is 17.5. The lowest BCUT2D eigenvalue weighted by atomic mass is 10.1. The molecular formula is C21H25N5O. The van der Waals surface area contributed by atoms with E-state index in [2.05, 4.69) is 44.9 Å². The zero-order valence-corrected chi connectivity index (χ0v) is 15.4. The van der Waals surface area contributed by atoms with Crippen molar-refractivity contribution < 1.29 is 4.79 Å². The molecule has 1 aromatic heterocycles. The molecule has 2 heterocycles. The van der Waals surface area contributed by atoms with Crippen LogP contribution >= 0.6 is 0 Å². The number of likely N-dealkylation sites (tertiary alicyclic amines) is 1. The van der Waals surface area contributed by atoms with Gasteiger partial charge in [-0.05, 0) is 49.2 Å². The van der Waals surface area contributed by atoms with E-state index in [0.717, 1.165) is 23.1 Å². The molecule has 0 bridgehead atoms. The molecule has 1 aliphatic heterocycles. The zero-order chi connectivity index (χ0) is 18.5. The maximum atomic E-state index is 12.2. The molecule has 27 heavy (non-hydrogen) atoms. The number of benzene rings is 2. The Kier molecular flexibility index (Phi) is 5.34. The van der Waals surface area contributed by atoms with Gasteiger partial charge in [-0.1, -0.05) is 42.8 Å². The molecule has 140 valence electrons. The molecule has 0 atom stereocenters. The number of hydrogen-bond donors (Lipinski definition) is 2. The van der Waals surface area contributed by atoms with Crippen LogP contribution in [0.5, 0.6) is 0 Å². The predicted molar refractivity (Wildman–Crippen MR) is 107 cm³/mol. The van der Waals surface area contributed by atoms with Crippen molar-refractivity contribution in [1.82, 2.24) is 19.9 Å². The van der Waals surface area contributed by atoms with Gasteiger partial charge in [0, 0.05) is 13.1 Å². The largest absolute Gasteiger partial charge is 0.334 e. The van der Waals surface area contributed by atoms with Gasteiger partial charge in [0.05, 0.1) is 11.0 Å². The van der Waals surface area contributed by atoms with Crippen molar-refractivity contribution in [3.05, 3.63) is 66.0 Å². The Morgan fingerprint density at radius 2 is 1.70 bits per heavy atom. The second kappa shape index (κ2) is 8.22. The summed E-state index contributed by atoms with van der Waals surface area (Å²) in [6, 6.07) is 15.9. The van der Waals surface area contributed by atoms with E-state index >= 15 is 0 Å². The van der Waals surface area contributed by atoms with Crippen molar-refractivity contribution >= 4 is 17.1 Å². The molecule has 6 nitrogen and oxygen atoms in total. The summed E-state index contributed by atoms with van der Waals surface area (Å²) in [5, 5.41) is 2.89. The van der Waals surface area contributed by atoms with Crippen molar-refractivity contribution in [2.24, 2.45) is 0 Å². The maximum Gasteiger partial charge on any atom is 0.334 e. The second-order valence-electron chi connectivity index (χ2n) is 7.05. The van der Waals surface area contributed by atoms with Crippen LogP contribution in [-0.2, 0) is 13.1 Å². The molecule has 1 fully saturated rings. The molecule has 3 aromatic rings. The van der Waals surface area contributed by atoms with Gasteiger partial charge < -0.3 is 5.32 Å². The topological polar surface area (TPSA) is 62.2 Å². The Bertz CT molecular complexity index is 896. The standard InChI is InChI=1S/C21H25N5O/c27-21(24-26-16-23-19-6-2-3-7-20(19)26)22-14-17-8-10-18(11-9-17)15-25-12-4-1-5-13-25/h2-3,6-11,16H,1,4-5,12-15H2,(H2,22,24,27). The lowest BCUT2D eigenvalue weighted by Gasteiger charge is -2.26. The number of aromatic nitrogens is 2. The van der Waals surface area contributed by atoms with E-state index in [1.165, 1.54) is 37.9 Å². The number of amides is 2. The van der Waals surface area contributed by atoms with Gasteiger partial charge in [0.2, 0.25) is 0 Å². The minimum absolute atomic E-state index is 0.254. The average Bonchev–Trinajstić information content (AvgIpc) is 3.11. The fourth-order valence-electron chi connectivity index (χ4n) is 3.52. The van der Waals surface area contributed by atoms with Crippen LogP contribution in [0.1, 0.15) is 30.4 Å². The number of urea groups is 1. The third-order valence-electron chi connectivity index (χ3n) is 5.01. The maximum absolute atomic E-state index is 12.2. The Labute approximate surface area is 159 Å². The molecule has 0 aliphatic carbocycles. The summed E-state index contributed by atoms with van der Waals surface area (Å²) in [5.74, 6) is 0. The summed E-state index contributed by atoms with van der Waals surface area (Å²) in [6.07, 6.45) is 5.59. The van der Waals surface area contributed by atoms with Crippen molar-refractivity contribution in [3.63, 3.8) is 0 Å². The van der Waals surface area contributed by atoms with Crippen LogP contribution in [0.15, 0.2) is 54.9 Å². The molecule has 1 aliphatic rings. The molecule has 0 radical (unpaired) electrons. The Morgan fingerprint density at radius 1 is 0.963 bits per heavy atom. The number of carbonyl (C=O) groups is 1. The predicted octanol–water partition coefficient (Wildman–Crippen LogP) is 3.48. The molecule has 2 aromatic carbocycles. The third kappa shape index (κ3) is 4.46. The Balaban J connectivity index is 1.28. The van der Waals surface area contributed by atoms with Crippen LogP contribution < -0.4 is 10.7 Å². The minimum Gasteiger partial charge on any atom is -0.333 e. The fourth-order valence-corrected chi connectivity index (χ4v) is 3.52. The fraction of sp³-hybridized carbons (Fsp3) is 0.333. The number of para-hydroxylation sites is 2. The van der Waals surface area contributed by atoms with Crippen molar-refractivity contribution in [1.29, 1.82) is 0 Å². The Hall–Kier alpha value is -2.86. The number of carbonyl (C=O) groups excluding carboxylic acids is 1. The average molecular weight is 363 g/mol. The molecule has 6 heteroatoms. The van der Waals surface area contributed by atoms with Crippen LogP contribution in [-0.4, -0.2) is 33.7 Å². The number of fused-ring (bicyclic) bond motifs is 1. The number of nitrogens with zero attached hydrogens (tertiary/aromatic N) is 3. The van der Waals surface area contributed by atoms with Gasteiger partial charge in [-0.15, -0.1) is 0 Å². The summed E-state index contributed by atoms with van der Waals surface area (Å²) in [5.41, 5.74) is 6.93. The molecule has 4 rings (SSSR count). The summed E-state index contributed by atoms with van der Waals surface area (Å²) in [6.45, 7) is 3.91. The van der Waals surface area contributed by atoms with E-state index in [-0.39, 0.29) is 6.03 Å². The van der Waals surface area contributed by atoms with E-state index in [4.69, 9.17) is 0 Å². The highest BCUT2D eigenvalue weighted by Crippen LogP contribution is 2.14. The van der Waals surface area contributed by atoms with Gasteiger partial charge >= 0.3 is 6.03 Å². The normalized spacial score (nSPS) is 15.0. The van der Waals surface area contributed by atoms with E-state index in [1.807, 2.05) is 24.3 Å². The van der Waals surface area contributed by atoms with Gasteiger partial charge in [0.1, 0.15) is 6.33 Å². The summed E-state index contributed by atoms with van der Waals surface area (Å²) < 4.78 is 1.63. The summed E-state index contributed by atoms with van der Waals surface area (Å²) in [7, 11) is 0. The van der Waals surface area contributed by atoms with Crippen LogP contribution in [0, 0.1) is 0 Å². The van der Waals surface area contributed by atoms with Crippen LogP contribution in [0.25, 0.3) is 11.0 Å². The summed E-state index contributed by atoms with van der Waals surface area (Å²) >= 11 is 0. The molecule has 1 saturated heterocycles. The van der Waals surface area contributed by atoms with Crippen molar-refractivity contribution in [2.75, 3.05) is 18.5 Å².